The molecule has 2 atom stereocenters. The zero-order valence-electron chi connectivity index (χ0n) is 8.54. The fraction of sp³-hybridized carbons (Fsp3) is 1.00. The Hall–Kier alpha value is -0.0900. The Morgan fingerprint density at radius 3 is 2.62 bits per heavy atom. The number of rotatable bonds is 5. The van der Waals surface area contributed by atoms with Crippen molar-refractivity contribution in [2.45, 2.75) is 45.1 Å². The zero-order valence-corrected chi connectivity index (χ0v) is 9.36. The van der Waals surface area contributed by atoms with Gasteiger partial charge in [-0.2, -0.15) is 8.42 Å². The Balaban J connectivity index is 2.37. The predicted molar refractivity (Wildman–Crippen MR) is 52.0 cm³/mol. The summed E-state index contributed by atoms with van der Waals surface area (Å²) in [6.07, 6.45) is 5.41. The van der Waals surface area contributed by atoms with Crippen molar-refractivity contribution in [3.8, 4) is 0 Å². The molecule has 1 aliphatic rings. The first-order chi connectivity index (χ1) is 5.87. The van der Waals surface area contributed by atoms with Gasteiger partial charge in [0.05, 0.1) is 11.9 Å². The summed E-state index contributed by atoms with van der Waals surface area (Å²) in [5.41, 5.74) is -0.386. The van der Waals surface area contributed by atoms with E-state index in [4.69, 9.17) is 4.18 Å². The molecule has 1 rings (SSSR count). The van der Waals surface area contributed by atoms with Gasteiger partial charge in [0, 0.05) is 0 Å². The van der Waals surface area contributed by atoms with Crippen LogP contribution >= 0.6 is 0 Å². The molecule has 1 saturated carbocycles. The van der Waals surface area contributed by atoms with E-state index in [0.29, 0.717) is 5.92 Å². The van der Waals surface area contributed by atoms with Crippen LogP contribution in [0.1, 0.15) is 39.5 Å². The molecule has 1 aliphatic carbocycles. The quantitative estimate of drug-likeness (QED) is 0.646. The highest BCUT2D eigenvalue weighted by Crippen LogP contribution is 2.50. The lowest BCUT2D eigenvalue weighted by Gasteiger charge is -2.10. The third-order valence-electron chi connectivity index (χ3n) is 2.60. The smallest absolute Gasteiger partial charge is 0.264 e. The first kappa shape index (κ1) is 11.0. The Morgan fingerprint density at radius 1 is 1.54 bits per heavy atom. The molecule has 3 nitrogen and oxygen atoms in total. The maximum absolute atomic E-state index is 10.9. The third-order valence-corrected chi connectivity index (χ3v) is 3.29. The number of unbranched alkanes of at least 4 members (excludes halogenated alkanes) is 1. The van der Waals surface area contributed by atoms with E-state index >= 15 is 0 Å². The van der Waals surface area contributed by atoms with E-state index < -0.39 is 10.1 Å². The van der Waals surface area contributed by atoms with E-state index in [9.17, 15) is 8.42 Å². The highest BCUT2D eigenvalue weighted by Gasteiger charge is 2.52. The molecule has 0 aromatic rings. The van der Waals surface area contributed by atoms with Gasteiger partial charge < -0.3 is 0 Å². The SMILES string of the molecule is CCCC[C@@H]1C[C@@]1(C)OS(C)(=O)=O. The lowest BCUT2D eigenvalue weighted by Crippen LogP contribution is -2.17. The van der Waals surface area contributed by atoms with Gasteiger partial charge >= 0.3 is 0 Å². The predicted octanol–water partition coefficient (Wildman–Crippen LogP) is 1.93. The van der Waals surface area contributed by atoms with Crippen molar-refractivity contribution >= 4 is 10.1 Å². The second-order valence-corrected chi connectivity index (χ2v) is 5.72. The van der Waals surface area contributed by atoms with Crippen molar-refractivity contribution < 1.29 is 12.6 Å². The minimum absolute atomic E-state index is 0.386. The molecule has 0 aliphatic heterocycles. The minimum Gasteiger partial charge on any atom is -0.264 e. The van der Waals surface area contributed by atoms with Crippen LogP contribution in [-0.2, 0) is 14.3 Å². The largest absolute Gasteiger partial charge is 0.264 e. The van der Waals surface area contributed by atoms with E-state index in [1.807, 2.05) is 6.92 Å². The standard InChI is InChI=1S/C9H18O3S/c1-4-5-6-8-7-9(8,2)12-13(3,10)11/h8H,4-7H2,1-3H3/t8-,9-/m1/s1. The van der Waals surface area contributed by atoms with E-state index in [-0.39, 0.29) is 5.60 Å². The summed E-state index contributed by atoms with van der Waals surface area (Å²) in [6.45, 7) is 4.02. The van der Waals surface area contributed by atoms with Crippen molar-refractivity contribution in [3.63, 3.8) is 0 Å². The maximum Gasteiger partial charge on any atom is 0.264 e. The first-order valence-electron chi connectivity index (χ1n) is 4.78. The van der Waals surface area contributed by atoms with E-state index in [1.165, 1.54) is 0 Å². The molecule has 0 saturated heterocycles. The van der Waals surface area contributed by atoms with Crippen molar-refractivity contribution in [2.24, 2.45) is 5.92 Å². The van der Waals surface area contributed by atoms with E-state index in [1.54, 1.807) is 0 Å². The molecule has 78 valence electrons. The lowest BCUT2D eigenvalue weighted by molar-refractivity contribution is 0.188. The van der Waals surface area contributed by atoms with E-state index in [0.717, 1.165) is 31.9 Å². The number of hydrogen-bond donors (Lipinski definition) is 0. The summed E-state index contributed by atoms with van der Waals surface area (Å²) in [5.74, 6) is 0.446. The van der Waals surface area contributed by atoms with Crippen molar-refractivity contribution in [1.29, 1.82) is 0 Å². The highest BCUT2D eigenvalue weighted by atomic mass is 32.2. The average molecular weight is 206 g/mol. The van der Waals surface area contributed by atoms with Crippen LogP contribution in [-0.4, -0.2) is 20.3 Å². The minimum atomic E-state index is -3.28. The Bertz CT molecular complexity index is 271. The van der Waals surface area contributed by atoms with Crippen molar-refractivity contribution in [2.75, 3.05) is 6.26 Å². The Kier molecular flexibility index (Phi) is 3.02. The molecule has 0 aromatic heterocycles. The molecule has 0 heterocycles. The van der Waals surface area contributed by atoms with Crippen molar-refractivity contribution in [3.05, 3.63) is 0 Å². The second kappa shape index (κ2) is 3.58. The van der Waals surface area contributed by atoms with Crippen LogP contribution in [0.25, 0.3) is 0 Å². The van der Waals surface area contributed by atoms with E-state index in [2.05, 4.69) is 6.92 Å². The maximum atomic E-state index is 10.9. The van der Waals surface area contributed by atoms with Crippen LogP contribution in [0.5, 0.6) is 0 Å². The third kappa shape index (κ3) is 3.27. The van der Waals surface area contributed by atoms with Crippen LogP contribution in [0.4, 0.5) is 0 Å². The first-order valence-corrected chi connectivity index (χ1v) is 6.59. The molecule has 0 amide bonds. The van der Waals surface area contributed by atoms with Gasteiger partial charge in [0.25, 0.3) is 10.1 Å². The molecule has 0 unspecified atom stereocenters. The summed E-state index contributed by atoms with van der Waals surface area (Å²) in [4.78, 5) is 0. The van der Waals surface area contributed by atoms with Gasteiger partial charge in [0.15, 0.2) is 0 Å². The van der Waals surface area contributed by atoms with Gasteiger partial charge in [-0.3, -0.25) is 4.18 Å². The van der Waals surface area contributed by atoms with Gasteiger partial charge in [0.2, 0.25) is 0 Å². The van der Waals surface area contributed by atoms with Gasteiger partial charge in [-0.05, 0) is 25.7 Å². The molecular weight excluding hydrogens is 188 g/mol. The molecule has 0 N–H and O–H groups in total. The van der Waals surface area contributed by atoms with Gasteiger partial charge in [-0.15, -0.1) is 0 Å². The highest BCUT2D eigenvalue weighted by molar-refractivity contribution is 7.86. The Labute approximate surface area is 80.6 Å². The molecule has 0 radical (unpaired) electrons. The molecule has 0 spiro atoms. The monoisotopic (exact) mass is 206 g/mol. The molecule has 1 fully saturated rings. The van der Waals surface area contributed by atoms with Gasteiger partial charge in [-0.1, -0.05) is 19.8 Å². The molecule has 13 heavy (non-hydrogen) atoms. The fourth-order valence-electron chi connectivity index (χ4n) is 1.74. The topological polar surface area (TPSA) is 43.4 Å². The summed E-state index contributed by atoms with van der Waals surface area (Å²) in [5, 5.41) is 0. The molecule has 0 aromatic carbocycles. The zero-order chi connectivity index (χ0) is 10.1. The normalized spacial score (nSPS) is 33.3. The summed E-state index contributed by atoms with van der Waals surface area (Å²) < 4.78 is 26.8. The van der Waals surface area contributed by atoms with Crippen LogP contribution in [0.3, 0.4) is 0 Å². The second-order valence-electron chi connectivity index (χ2n) is 4.14. The lowest BCUT2D eigenvalue weighted by atomic mass is 10.1. The van der Waals surface area contributed by atoms with Gasteiger partial charge in [0.1, 0.15) is 0 Å². The van der Waals surface area contributed by atoms with Crippen LogP contribution in [0.2, 0.25) is 0 Å². The summed E-state index contributed by atoms with van der Waals surface area (Å²) in [6, 6.07) is 0. The van der Waals surface area contributed by atoms with Gasteiger partial charge in [-0.25, -0.2) is 0 Å². The molecular formula is C9H18O3S. The number of hydrogen-bond acceptors (Lipinski definition) is 3. The molecule has 0 bridgehead atoms. The average Bonchev–Trinajstić information content (AvgIpc) is 2.52. The van der Waals surface area contributed by atoms with Crippen LogP contribution in [0, 0.1) is 5.92 Å². The van der Waals surface area contributed by atoms with Crippen molar-refractivity contribution in [1.82, 2.24) is 0 Å². The summed E-state index contributed by atoms with van der Waals surface area (Å²) in [7, 11) is -3.28. The summed E-state index contributed by atoms with van der Waals surface area (Å²) >= 11 is 0. The van der Waals surface area contributed by atoms with Crippen LogP contribution < -0.4 is 0 Å². The molecule has 4 heteroatoms. The fourth-order valence-corrected chi connectivity index (χ4v) is 2.63. The Morgan fingerprint density at radius 2 is 2.15 bits per heavy atom. The van der Waals surface area contributed by atoms with Crippen LogP contribution in [0.15, 0.2) is 0 Å².